The van der Waals surface area contributed by atoms with Gasteiger partial charge in [0.1, 0.15) is 11.5 Å². The van der Waals surface area contributed by atoms with Gasteiger partial charge >= 0.3 is 0 Å². The number of fused-ring (bicyclic) bond motifs is 1. The van der Waals surface area contributed by atoms with Crippen molar-refractivity contribution in [2.75, 3.05) is 27.9 Å². The summed E-state index contributed by atoms with van der Waals surface area (Å²) in [5.41, 5.74) is 3.96. The lowest BCUT2D eigenvalue weighted by atomic mass is 9.87. The van der Waals surface area contributed by atoms with E-state index in [9.17, 15) is 9.90 Å². The number of rotatable bonds is 6. The Bertz CT molecular complexity index is 1150. The Kier molecular flexibility index (Phi) is 6.54. The van der Waals surface area contributed by atoms with Crippen LogP contribution in [0.15, 0.2) is 66.7 Å². The van der Waals surface area contributed by atoms with Crippen LogP contribution in [0.2, 0.25) is 0 Å². The Hall–Kier alpha value is -3.93. The number of carbonyl (C=O) groups excluding carboxylic acids is 1. The van der Waals surface area contributed by atoms with E-state index in [2.05, 4.69) is 0 Å². The van der Waals surface area contributed by atoms with E-state index in [1.54, 1.807) is 57.7 Å². The van der Waals surface area contributed by atoms with E-state index in [4.69, 9.17) is 14.2 Å². The third-order valence-electron chi connectivity index (χ3n) is 5.90. The summed E-state index contributed by atoms with van der Waals surface area (Å²) in [6, 6.07) is 18.2. The number of nitrogens with zero attached hydrogens (tertiary/aromatic N) is 1. The largest absolute Gasteiger partial charge is 0.508 e. The summed E-state index contributed by atoms with van der Waals surface area (Å²) in [4.78, 5) is 15.2. The number of ether oxygens (including phenoxy) is 3. The van der Waals surface area contributed by atoms with E-state index in [1.165, 1.54) is 0 Å². The second kappa shape index (κ2) is 9.69. The molecule has 1 aliphatic heterocycles. The fourth-order valence-corrected chi connectivity index (χ4v) is 4.18. The molecule has 33 heavy (non-hydrogen) atoms. The molecule has 1 heterocycles. The smallest absolute Gasteiger partial charge is 0.247 e. The quantitative estimate of drug-likeness (QED) is 0.562. The molecule has 1 amide bonds. The average molecular weight is 446 g/mol. The Balaban J connectivity index is 1.74. The molecule has 170 valence electrons. The third-order valence-corrected chi connectivity index (χ3v) is 5.90. The molecule has 0 aliphatic carbocycles. The van der Waals surface area contributed by atoms with Crippen molar-refractivity contribution >= 4 is 12.0 Å². The van der Waals surface area contributed by atoms with Crippen molar-refractivity contribution < 1.29 is 24.1 Å². The molecule has 1 atom stereocenters. The highest BCUT2D eigenvalue weighted by Crippen LogP contribution is 2.41. The van der Waals surface area contributed by atoms with Crippen LogP contribution in [0.1, 0.15) is 28.3 Å². The van der Waals surface area contributed by atoms with Crippen LogP contribution in [0.4, 0.5) is 0 Å². The van der Waals surface area contributed by atoms with Crippen molar-refractivity contribution in [3.8, 4) is 23.0 Å². The maximum absolute atomic E-state index is 13.3. The molecule has 0 spiro atoms. The van der Waals surface area contributed by atoms with E-state index in [0.717, 1.165) is 28.0 Å². The van der Waals surface area contributed by atoms with Crippen molar-refractivity contribution in [3.63, 3.8) is 0 Å². The van der Waals surface area contributed by atoms with Crippen LogP contribution in [0.25, 0.3) is 6.08 Å². The first-order chi connectivity index (χ1) is 16.0. The lowest BCUT2D eigenvalue weighted by Gasteiger charge is -2.37. The Morgan fingerprint density at radius 1 is 0.939 bits per heavy atom. The molecule has 0 radical (unpaired) electrons. The van der Waals surface area contributed by atoms with Gasteiger partial charge in [0, 0.05) is 12.6 Å². The fraction of sp³-hybridized carbons (Fsp3) is 0.222. The molecule has 1 unspecified atom stereocenters. The molecule has 3 aromatic carbocycles. The van der Waals surface area contributed by atoms with Gasteiger partial charge in [-0.25, -0.2) is 0 Å². The highest BCUT2D eigenvalue weighted by Gasteiger charge is 2.32. The number of methoxy groups -OCH3 is 3. The van der Waals surface area contributed by atoms with Gasteiger partial charge in [-0.3, -0.25) is 4.79 Å². The molecular weight excluding hydrogens is 418 g/mol. The Labute approximate surface area is 193 Å². The molecule has 6 nitrogen and oxygen atoms in total. The van der Waals surface area contributed by atoms with Crippen molar-refractivity contribution in [2.45, 2.75) is 12.5 Å². The zero-order chi connectivity index (χ0) is 23.4. The predicted octanol–water partition coefficient (Wildman–Crippen LogP) is 4.61. The van der Waals surface area contributed by atoms with Crippen LogP contribution in [-0.2, 0) is 11.2 Å². The monoisotopic (exact) mass is 445 g/mol. The van der Waals surface area contributed by atoms with Crippen molar-refractivity contribution in [1.29, 1.82) is 0 Å². The van der Waals surface area contributed by atoms with Crippen molar-refractivity contribution in [3.05, 3.63) is 89.0 Å². The average Bonchev–Trinajstić information content (AvgIpc) is 2.86. The van der Waals surface area contributed by atoms with Crippen LogP contribution in [0.3, 0.4) is 0 Å². The molecule has 4 rings (SSSR count). The van der Waals surface area contributed by atoms with Gasteiger partial charge in [0.15, 0.2) is 11.5 Å². The first-order valence-corrected chi connectivity index (χ1v) is 10.7. The minimum absolute atomic E-state index is 0.0932. The summed E-state index contributed by atoms with van der Waals surface area (Å²) in [6.07, 6.45) is 4.05. The number of hydrogen-bond acceptors (Lipinski definition) is 5. The van der Waals surface area contributed by atoms with E-state index in [0.29, 0.717) is 24.5 Å². The van der Waals surface area contributed by atoms with E-state index < -0.39 is 0 Å². The Morgan fingerprint density at radius 2 is 1.61 bits per heavy atom. The number of phenols is 1. The maximum Gasteiger partial charge on any atom is 0.247 e. The molecule has 0 saturated carbocycles. The topological polar surface area (TPSA) is 68.2 Å². The lowest BCUT2D eigenvalue weighted by molar-refractivity contribution is -0.127. The second-order valence-corrected chi connectivity index (χ2v) is 7.79. The summed E-state index contributed by atoms with van der Waals surface area (Å²) >= 11 is 0. The predicted molar refractivity (Wildman–Crippen MR) is 127 cm³/mol. The lowest BCUT2D eigenvalue weighted by Crippen LogP contribution is -2.39. The number of hydrogen-bond donors (Lipinski definition) is 1. The van der Waals surface area contributed by atoms with Crippen LogP contribution in [0.5, 0.6) is 23.0 Å². The Morgan fingerprint density at radius 3 is 2.24 bits per heavy atom. The molecule has 3 aromatic rings. The highest BCUT2D eigenvalue weighted by molar-refractivity contribution is 5.92. The number of phenolic OH excluding ortho intramolecular Hbond substituents is 1. The second-order valence-electron chi connectivity index (χ2n) is 7.79. The summed E-state index contributed by atoms with van der Waals surface area (Å²) in [7, 11) is 4.86. The standard InChI is InChI=1S/C27H27NO5/c1-31-22-11-7-19(8-12-22)27-23-17-25(33-3)24(32-2)16-20(23)14-15-28(27)26(30)13-6-18-4-9-21(29)10-5-18/h4-13,16-17,27,29H,14-15H2,1-3H3/b13-6+. The normalized spacial score (nSPS) is 15.2. The number of amides is 1. The summed E-state index contributed by atoms with van der Waals surface area (Å²) < 4.78 is 16.4. The van der Waals surface area contributed by atoms with Gasteiger partial charge in [-0.2, -0.15) is 0 Å². The highest BCUT2D eigenvalue weighted by atomic mass is 16.5. The zero-order valence-electron chi connectivity index (χ0n) is 18.9. The van der Waals surface area contributed by atoms with Gasteiger partial charge in [-0.05, 0) is 71.1 Å². The van der Waals surface area contributed by atoms with Gasteiger partial charge in [0.25, 0.3) is 0 Å². The summed E-state index contributed by atoms with van der Waals surface area (Å²) in [5, 5.41) is 9.48. The molecule has 0 fully saturated rings. The molecule has 0 saturated heterocycles. The van der Waals surface area contributed by atoms with Crippen LogP contribution >= 0.6 is 0 Å². The van der Waals surface area contributed by atoms with Crippen LogP contribution in [-0.4, -0.2) is 43.8 Å². The first kappa shape index (κ1) is 22.3. The van der Waals surface area contributed by atoms with Crippen molar-refractivity contribution in [2.24, 2.45) is 0 Å². The van der Waals surface area contributed by atoms with Crippen molar-refractivity contribution in [1.82, 2.24) is 4.90 Å². The molecular formula is C27H27NO5. The summed E-state index contributed by atoms with van der Waals surface area (Å²) in [6.45, 7) is 0.567. The van der Waals surface area contributed by atoms with E-state index in [-0.39, 0.29) is 17.7 Å². The number of benzene rings is 3. The number of carbonyl (C=O) groups is 1. The minimum atomic E-state index is -0.281. The minimum Gasteiger partial charge on any atom is -0.508 e. The number of aromatic hydroxyl groups is 1. The van der Waals surface area contributed by atoms with Gasteiger partial charge in [-0.15, -0.1) is 0 Å². The molecule has 0 bridgehead atoms. The molecule has 1 aliphatic rings. The van der Waals surface area contributed by atoms with Gasteiger partial charge in [0.05, 0.1) is 27.4 Å². The molecule has 1 N–H and O–H groups in total. The van der Waals surface area contributed by atoms with E-state index in [1.807, 2.05) is 41.3 Å². The van der Waals surface area contributed by atoms with Crippen LogP contribution in [0, 0.1) is 0 Å². The third kappa shape index (κ3) is 4.65. The first-order valence-electron chi connectivity index (χ1n) is 10.7. The van der Waals surface area contributed by atoms with Gasteiger partial charge < -0.3 is 24.2 Å². The van der Waals surface area contributed by atoms with Gasteiger partial charge in [-0.1, -0.05) is 24.3 Å². The van der Waals surface area contributed by atoms with Gasteiger partial charge in [0.2, 0.25) is 5.91 Å². The maximum atomic E-state index is 13.3. The van der Waals surface area contributed by atoms with Crippen LogP contribution < -0.4 is 14.2 Å². The zero-order valence-corrected chi connectivity index (χ0v) is 18.9. The van der Waals surface area contributed by atoms with E-state index >= 15 is 0 Å². The fourth-order valence-electron chi connectivity index (χ4n) is 4.18. The summed E-state index contributed by atoms with van der Waals surface area (Å²) in [5.74, 6) is 2.16. The SMILES string of the molecule is COc1ccc(C2c3cc(OC)c(OC)cc3CCN2C(=O)/C=C/c2ccc(O)cc2)cc1. The molecule has 6 heteroatoms. The molecule has 0 aromatic heterocycles.